The van der Waals surface area contributed by atoms with Gasteiger partial charge in [0.25, 0.3) is 0 Å². The number of aliphatic hydroxyl groups is 1. The van der Waals surface area contributed by atoms with Gasteiger partial charge in [-0.3, -0.25) is 0 Å². The standard InChI is InChI=1S/C25H43N5O/c1-2-26-25(27-14-7-17-29-15-5-3-4-6-16-29)28-20-22-8-10-24(11-9-22)30-18-12-23(21-31)13-19-30/h8-11,23,31H,2-7,12-21H2,1H3,(H2,26,27,28). The molecular weight excluding hydrogens is 386 g/mol. The van der Waals surface area contributed by atoms with Gasteiger partial charge in [0, 0.05) is 38.5 Å². The smallest absolute Gasteiger partial charge is 0.191 e. The lowest BCUT2D eigenvalue weighted by Crippen LogP contribution is -2.39. The summed E-state index contributed by atoms with van der Waals surface area (Å²) in [5.41, 5.74) is 2.51. The number of rotatable bonds is 9. The molecule has 1 aromatic rings. The highest BCUT2D eigenvalue weighted by Gasteiger charge is 2.18. The molecule has 0 unspecified atom stereocenters. The summed E-state index contributed by atoms with van der Waals surface area (Å²) >= 11 is 0. The fourth-order valence-electron chi connectivity index (χ4n) is 4.57. The number of nitrogens with one attached hydrogen (secondary N) is 2. The topological polar surface area (TPSA) is 63.1 Å². The van der Waals surface area contributed by atoms with Gasteiger partial charge in [-0.1, -0.05) is 25.0 Å². The lowest BCUT2D eigenvalue weighted by Gasteiger charge is -2.32. The molecular formula is C25H43N5O. The Morgan fingerprint density at radius 1 is 1.00 bits per heavy atom. The van der Waals surface area contributed by atoms with Crippen LogP contribution in [0.4, 0.5) is 5.69 Å². The van der Waals surface area contributed by atoms with Gasteiger partial charge in [0.05, 0.1) is 6.54 Å². The molecule has 174 valence electrons. The summed E-state index contributed by atoms with van der Waals surface area (Å²) in [6, 6.07) is 8.82. The van der Waals surface area contributed by atoms with Gasteiger partial charge in [0.1, 0.15) is 0 Å². The fourth-order valence-corrected chi connectivity index (χ4v) is 4.57. The maximum atomic E-state index is 9.32. The Labute approximate surface area is 189 Å². The van der Waals surface area contributed by atoms with Crippen LogP contribution in [-0.2, 0) is 6.54 Å². The maximum absolute atomic E-state index is 9.32. The van der Waals surface area contributed by atoms with E-state index in [2.05, 4.69) is 51.6 Å². The van der Waals surface area contributed by atoms with Gasteiger partial charge in [-0.05, 0) is 82.3 Å². The first-order valence-corrected chi connectivity index (χ1v) is 12.5. The van der Waals surface area contributed by atoms with Crippen molar-refractivity contribution in [2.45, 2.75) is 58.4 Å². The number of aliphatic hydroxyl groups excluding tert-OH is 1. The lowest BCUT2D eigenvalue weighted by molar-refractivity contribution is 0.203. The molecule has 2 saturated heterocycles. The molecule has 2 fully saturated rings. The molecule has 0 aromatic heterocycles. The van der Waals surface area contributed by atoms with Crippen molar-refractivity contribution in [3.05, 3.63) is 29.8 Å². The first-order valence-electron chi connectivity index (χ1n) is 12.5. The van der Waals surface area contributed by atoms with E-state index in [1.54, 1.807) is 0 Å². The molecule has 0 spiro atoms. The Kier molecular flexibility index (Phi) is 10.5. The predicted octanol–water partition coefficient (Wildman–Crippen LogP) is 3.22. The number of hydrogen-bond acceptors (Lipinski definition) is 4. The zero-order valence-electron chi connectivity index (χ0n) is 19.5. The van der Waals surface area contributed by atoms with E-state index in [0.29, 0.717) is 19.1 Å². The van der Waals surface area contributed by atoms with Crippen LogP contribution < -0.4 is 15.5 Å². The van der Waals surface area contributed by atoms with Crippen molar-refractivity contribution >= 4 is 11.6 Å². The van der Waals surface area contributed by atoms with Crippen LogP contribution >= 0.6 is 0 Å². The quantitative estimate of drug-likeness (QED) is 0.320. The third-order valence-electron chi connectivity index (χ3n) is 6.58. The van der Waals surface area contributed by atoms with E-state index in [1.165, 1.54) is 56.6 Å². The summed E-state index contributed by atoms with van der Waals surface area (Å²) in [6.07, 6.45) is 8.83. The van der Waals surface area contributed by atoms with Crippen molar-refractivity contribution < 1.29 is 5.11 Å². The minimum Gasteiger partial charge on any atom is -0.396 e. The van der Waals surface area contributed by atoms with Crippen molar-refractivity contribution in [2.24, 2.45) is 10.9 Å². The fraction of sp³-hybridized carbons (Fsp3) is 0.720. The summed E-state index contributed by atoms with van der Waals surface area (Å²) in [5.74, 6) is 1.39. The van der Waals surface area contributed by atoms with Crippen LogP contribution in [0.25, 0.3) is 0 Å². The van der Waals surface area contributed by atoms with E-state index in [-0.39, 0.29) is 0 Å². The largest absolute Gasteiger partial charge is 0.396 e. The maximum Gasteiger partial charge on any atom is 0.191 e. The van der Waals surface area contributed by atoms with E-state index in [9.17, 15) is 5.11 Å². The third kappa shape index (κ3) is 8.34. The van der Waals surface area contributed by atoms with Crippen molar-refractivity contribution in [3.8, 4) is 0 Å². The number of piperidine rings is 1. The summed E-state index contributed by atoms with van der Waals surface area (Å²) in [6.45, 7) is 10.8. The molecule has 2 aliphatic heterocycles. The second kappa shape index (κ2) is 13.6. The Bertz CT molecular complexity index is 632. The monoisotopic (exact) mass is 429 g/mol. The molecule has 0 amide bonds. The highest BCUT2D eigenvalue weighted by atomic mass is 16.3. The summed E-state index contributed by atoms with van der Waals surface area (Å²) in [5, 5.41) is 16.2. The average Bonchev–Trinajstić information content (AvgIpc) is 3.09. The minimum atomic E-state index is 0.325. The Hall–Kier alpha value is -1.79. The normalized spacial score (nSPS) is 19.3. The molecule has 6 nitrogen and oxygen atoms in total. The SMILES string of the molecule is CCNC(=NCc1ccc(N2CCC(CO)CC2)cc1)NCCCN1CCCCCC1. The number of anilines is 1. The number of hydrogen-bond donors (Lipinski definition) is 3. The Morgan fingerprint density at radius 3 is 2.35 bits per heavy atom. The molecule has 6 heteroatoms. The lowest BCUT2D eigenvalue weighted by atomic mass is 9.97. The molecule has 2 aliphatic rings. The second-order valence-electron chi connectivity index (χ2n) is 9.01. The number of nitrogens with zero attached hydrogens (tertiary/aromatic N) is 3. The van der Waals surface area contributed by atoms with Crippen molar-refractivity contribution in [1.82, 2.24) is 15.5 Å². The zero-order chi connectivity index (χ0) is 21.7. The number of aliphatic imine (C=N–C) groups is 1. The van der Waals surface area contributed by atoms with Gasteiger partial charge < -0.3 is 25.5 Å². The molecule has 3 rings (SSSR count). The van der Waals surface area contributed by atoms with Crippen LogP contribution in [0.1, 0.15) is 57.4 Å². The second-order valence-corrected chi connectivity index (χ2v) is 9.01. The first kappa shape index (κ1) is 23.9. The van der Waals surface area contributed by atoms with E-state index in [0.717, 1.165) is 51.4 Å². The highest BCUT2D eigenvalue weighted by molar-refractivity contribution is 5.79. The van der Waals surface area contributed by atoms with Crippen LogP contribution in [0.3, 0.4) is 0 Å². The number of guanidine groups is 1. The van der Waals surface area contributed by atoms with Gasteiger partial charge >= 0.3 is 0 Å². The Morgan fingerprint density at radius 2 is 1.71 bits per heavy atom. The van der Waals surface area contributed by atoms with Crippen LogP contribution in [0.5, 0.6) is 0 Å². The highest BCUT2D eigenvalue weighted by Crippen LogP contribution is 2.23. The molecule has 2 heterocycles. The van der Waals surface area contributed by atoms with Gasteiger partial charge in [-0.15, -0.1) is 0 Å². The average molecular weight is 430 g/mol. The molecule has 0 bridgehead atoms. The molecule has 31 heavy (non-hydrogen) atoms. The van der Waals surface area contributed by atoms with Crippen LogP contribution in [0.2, 0.25) is 0 Å². The summed E-state index contributed by atoms with van der Waals surface area (Å²) in [7, 11) is 0. The van der Waals surface area contributed by atoms with Crippen LogP contribution in [0.15, 0.2) is 29.3 Å². The molecule has 0 atom stereocenters. The van der Waals surface area contributed by atoms with Crippen molar-refractivity contribution in [2.75, 3.05) is 57.3 Å². The van der Waals surface area contributed by atoms with E-state index in [4.69, 9.17) is 4.99 Å². The molecule has 1 aromatic carbocycles. The van der Waals surface area contributed by atoms with Gasteiger partial charge in [-0.2, -0.15) is 0 Å². The third-order valence-corrected chi connectivity index (χ3v) is 6.58. The summed E-state index contributed by atoms with van der Waals surface area (Å²) in [4.78, 5) is 9.83. The van der Waals surface area contributed by atoms with Crippen LogP contribution in [-0.4, -0.2) is 68.4 Å². The predicted molar refractivity (Wildman–Crippen MR) is 131 cm³/mol. The number of likely N-dealkylation sites (tertiary alicyclic amines) is 1. The van der Waals surface area contributed by atoms with Crippen molar-refractivity contribution in [3.63, 3.8) is 0 Å². The molecule has 0 saturated carbocycles. The minimum absolute atomic E-state index is 0.325. The van der Waals surface area contributed by atoms with E-state index >= 15 is 0 Å². The van der Waals surface area contributed by atoms with Crippen molar-refractivity contribution in [1.29, 1.82) is 0 Å². The Balaban J connectivity index is 1.41. The van der Waals surface area contributed by atoms with Gasteiger partial charge in [-0.25, -0.2) is 4.99 Å². The van der Waals surface area contributed by atoms with Gasteiger partial charge in [0.15, 0.2) is 5.96 Å². The summed E-state index contributed by atoms with van der Waals surface area (Å²) < 4.78 is 0. The van der Waals surface area contributed by atoms with Crippen LogP contribution in [0, 0.1) is 5.92 Å². The molecule has 0 radical (unpaired) electrons. The van der Waals surface area contributed by atoms with E-state index < -0.39 is 0 Å². The zero-order valence-corrected chi connectivity index (χ0v) is 19.5. The molecule has 0 aliphatic carbocycles. The first-order chi connectivity index (χ1) is 15.3. The van der Waals surface area contributed by atoms with Gasteiger partial charge in [0.2, 0.25) is 0 Å². The van der Waals surface area contributed by atoms with E-state index in [1.807, 2.05) is 0 Å². The number of benzene rings is 1. The molecule has 3 N–H and O–H groups in total.